The van der Waals surface area contributed by atoms with Crippen molar-refractivity contribution in [3.05, 3.63) is 47.0 Å². The van der Waals surface area contributed by atoms with Crippen LogP contribution in [0.15, 0.2) is 24.3 Å². The fourth-order valence-electron chi connectivity index (χ4n) is 2.43. The monoisotopic (exact) mass is 332 g/mol. The summed E-state index contributed by atoms with van der Waals surface area (Å²) in [5.41, 5.74) is 2.24. The Morgan fingerprint density at radius 2 is 1.83 bits per heavy atom. The summed E-state index contributed by atoms with van der Waals surface area (Å²) in [5, 5.41) is 9.64. The number of carbonyl (C=O) groups excluding carboxylic acids is 2. The fraction of sp³-hybridized carbons (Fsp3) is 0.353. The van der Waals surface area contributed by atoms with Crippen molar-refractivity contribution < 1.29 is 14.0 Å². The van der Waals surface area contributed by atoms with E-state index in [-0.39, 0.29) is 30.2 Å². The van der Waals surface area contributed by atoms with Crippen molar-refractivity contribution >= 4 is 11.8 Å². The van der Waals surface area contributed by atoms with Gasteiger partial charge in [-0.25, -0.2) is 9.07 Å². The standard InChI is InChI=1S/C17H21FN4O2/c1-10(2)20-15(23)9-19-17(24)16-11(3)21-22(12(16)4)14-7-5-13(18)6-8-14/h5-8,10H,9H2,1-4H3,(H,19,24)(H,20,23). The van der Waals surface area contributed by atoms with Gasteiger partial charge in [0.1, 0.15) is 5.82 Å². The molecule has 0 radical (unpaired) electrons. The lowest BCUT2D eigenvalue weighted by Gasteiger charge is -2.09. The minimum Gasteiger partial charge on any atom is -0.352 e. The van der Waals surface area contributed by atoms with Crippen molar-refractivity contribution in [3.8, 4) is 5.69 Å². The van der Waals surface area contributed by atoms with Crippen molar-refractivity contribution in [1.29, 1.82) is 0 Å². The van der Waals surface area contributed by atoms with Gasteiger partial charge in [-0.3, -0.25) is 9.59 Å². The Morgan fingerprint density at radius 3 is 2.42 bits per heavy atom. The van der Waals surface area contributed by atoms with E-state index in [0.717, 1.165) is 0 Å². The molecular formula is C17H21FN4O2. The van der Waals surface area contributed by atoms with E-state index in [1.54, 1.807) is 30.7 Å². The van der Waals surface area contributed by atoms with Gasteiger partial charge in [-0.2, -0.15) is 5.10 Å². The predicted octanol–water partition coefficient (Wildman–Crippen LogP) is 1.88. The van der Waals surface area contributed by atoms with Crippen LogP contribution in [0.3, 0.4) is 0 Å². The second-order valence-electron chi connectivity index (χ2n) is 5.84. The van der Waals surface area contributed by atoms with Crippen molar-refractivity contribution in [2.45, 2.75) is 33.7 Å². The summed E-state index contributed by atoms with van der Waals surface area (Å²) in [6.07, 6.45) is 0. The van der Waals surface area contributed by atoms with Crippen molar-refractivity contribution in [1.82, 2.24) is 20.4 Å². The largest absolute Gasteiger partial charge is 0.352 e. The number of carbonyl (C=O) groups is 2. The van der Waals surface area contributed by atoms with Gasteiger partial charge in [-0.1, -0.05) is 0 Å². The maximum atomic E-state index is 13.1. The lowest BCUT2D eigenvalue weighted by molar-refractivity contribution is -0.120. The molecule has 0 saturated heterocycles. The first-order valence-corrected chi connectivity index (χ1v) is 7.69. The SMILES string of the molecule is Cc1nn(-c2ccc(F)cc2)c(C)c1C(=O)NCC(=O)NC(C)C. The third-order valence-corrected chi connectivity index (χ3v) is 3.45. The van der Waals surface area contributed by atoms with E-state index >= 15 is 0 Å². The third-order valence-electron chi connectivity index (χ3n) is 3.45. The van der Waals surface area contributed by atoms with Gasteiger partial charge < -0.3 is 10.6 Å². The zero-order valence-electron chi connectivity index (χ0n) is 14.2. The number of hydrogen-bond donors (Lipinski definition) is 2. The summed E-state index contributed by atoms with van der Waals surface area (Å²) in [6, 6.07) is 5.86. The first-order chi connectivity index (χ1) is 11.3. The molecule has 0 aliphatic heterocycles. The predicted molar refractivity (Wildman–Crippen MR) is 88.6 cm³/mol. The number of aromatic nitrogens is 2. The van der Waals surface area contributed by atoms with Crippen LogP contribution in [0, 0.1) is 19.7 Å². The van der Waals surface area contributed by atoms with E-state index in [9.17, 15) is 14.0 Å². The van der Waals surface area contributed by atoms with E-state index < -0.39 is 0 Å². The summed E-state index contributed by atoms with van der Waals surface area (Å²) < 4.78 is 14.6. The van der Waals surface area contributed by atoms with E-state index in [0.29, 0.717) is 22.6 Å². The maximum Gasteiger partial charge on any atom is 0.255 e. The number of halogens is 1. The van der Waals surface area contributed by atoms with Gasteiger partial charge in [0.25, 0.3) is 5.91 Å². The average Bonchev–Trinajstić information content (AvgIpc) is 2.80. The summed E-state index contributed by atoms with van der Waals surface area (Å²) in [4.78, 5) is 24.0. The first-order valence-electron chi connectivity index (χ1n) is 7.69. The van der Waals surface area contributed by atoms with Gasteiger partial charge in [0, 0.05) is 6.04 Å². The number of benzene rings is 1. The lowest BCUT2D eigenvalue weighted by atomic mass is 10.2. The molecule has 1 heterocycles. The van der Waals surface area contributed by atoms with E-state index in [2.05, 4.69) is 15.7 Å². The Bertz CT molecular complexity index is 751. The van der Waals surface area contributed by atoms with Crippen LogP contribution in [-0.4, -0.2) is 34.2 Å². The molecule has 1 aromatic heterocycles. The molecule has 0 aliphatic carbocycles. The van der Waals surface area contributed by atoms with Crippen molar-refractivity contribution in [3.63, 3.8) is 0 Å². The fourth-order valence-corrected chi connectivity index (χ4v) is 2.43. The van der Waals surface area contributed by atoms with Crippen molar-refractivity contribution in [2.24, 2.45) is 0 Å². The molecule has 0 spiro atoms. The van der Waals surface area contributed by atoms with Gasteiger partial charge in [0.15, 0.2) is 0 Å². The number of nitrogens with one attached hydrogen (secondary N) is 2. The number of nitrogens with zero attached hydrogens (tertiary/aromatic N) is 2. The zero-order chi connectivity index (χ0) is 17.9. The van der Waals surface area contributed by atoms with Gasteiger partial charge in [-0.05, 0) is 52.0 Å². The molecule has 2 N–H and O–H groups in total. The van der Waals surface area contributed by atoms with Crippen LogP contribution >= 0.6 is 0 Å². The number of hydrogen-bond acceptors (Lipinski definition) is 3. The Hall–Kier alpha value is -2.70. The Balaban J connectivity index is 2.17. The van der Waals surface area contributed by atoms with Crippen LogP contribution in [0.4, 0.5) is 4.39 Å². The molecule has 0 saturated carbocycles. The summed E-state index contributed by atoms with van der Waals surface area (Å²) >= 11 is 0. The Kier molecular flexibility index (Phi) is 5.33. The Morgan fingerprint density at radius 1 is 1.21 bits per heavy atom. The van der Waals surface area contributed by atoms with Crippen LogP contribution in [0.2, 0.25) is 0 Å². The minimum absolute atomic E-state index is 0.0131. The number of rotatable bonds is 5. The van der Waals surface area contributed by atoms with E-state index in [1.165, 1.54) is 12.1 Å². The lowest BCUT2D eigenvalue weighted by Crippen LogP contribution is -2.40. The number of aryl methyl sites for hydroxylation is 1. The van der Waals surface area contributed by atoms with Crippen LogP contribution in [0.1, 0.15) is 35.6 Å². The summed E-state index contributed by atoms with van der Waals surface area (Å²) in [5.74, 6) is -0.953. The van der Waals surface area contributed by atoms with Gasteiger partial charge in [0.05, 0.1) is 29.2 Å². The van der Waals surface area contributed by atoms with Crippen LogP contribution in [0.25, 0.3) is 5.69 Å². The first kappa shape index (κ1) is 17.7. The summed E-state index contributed by atoms with van der Waals surface area (Å²) in [6.45, 7) is 7.07. The topological polar surface area (TPSA) is 76.0 Å². The molecule has 0 atom stereocenters. The molecular weight excluding hydrogens is 311 g/mol. The van der Waals surface area contributed by atoms with Crippen molar-refractivity contribution in [2.75, 3.05) is 6.54 Å². The van der Waals surface area contributed by atoms with Crippen LogP contribution < -0.4 is 10.6 Å². The third kappa shape index (κ3) is 3.98. The summed E-state index contributed by atoms with van der Waals surface area (Å²) in [7, 11) is 0. The Labute approximate surface area is 140 Å². The highest BCUT2D eigenvalue weighted by Crippen LogP contribution is 2.18. The molecule has 2 aromatic rings. The highest BCUT2D eigenvalue weighted by Gasteiger charge is 2.20. The van der Waals surface area contributed by atoms with Gasteiger partial charge in [-0.15, -0.1) is 0 Å². The molecule has 7 heteroatoms. The molecule has 6 nitrogen and oxygen atoms in total. The average molecular weight is 332 g/mol. The second-order valence-corrected chi connectivity index (χ2v) is 5.84. The van der Waals surface area contributed by atoms with E-state index in [4.69, 9.17) is 0 Å². The molecule has 0 unspecified atom stereocenters. The highest BCUT2D eigenvalue weighted by molar-refractivity contribution is 5.98. The molecule has 2 rings (SSSR count). The number of amides is 2. The van der Waals surface area contributed by atoms with Gasteiger partial charge >= 0.3 is 0 Å². The van der Waals surface area contributed by atoms with Gasteiger partial charge in [0.2, 0.25) is 5.91 Å². The normalized spacial score (nSPS) is 10.8. The molecule has 0 aliphatic rings. The molecule has 1 aromatic carbocycles. The maximum absolute atomic E-state index is 13.1. The smallest absolute Gasteiger partial charge is 0.255 e. The molecule has 128 valence electrons. The highest BCUT2D eigenvalue weighted by atomic mass is 19.1. The molecule has 0 fully saturated rings. The second kappa shape index (κ2) is 7.25. The van der Waals surface area contributed by atoms with Crippen LogP contribution in [0.5, 0.6) is 0 Å². The van der Waals surface area contributed by atoms with Crippen LogP contribution in [-0.2, 0) is 4.79 Å². The molecule has 24 heavy (non-hydrogen) atoms. The minimum atomic E-state index is -0.364. The zero-order valence-corrected chi connectivity index (χ0v) is 14.2. The quantitative estimate of drug-likeness (QED) is 0.878. The molecule has 2 amide bonds. The molecule has 0 bridgehead atoms. The van der Waals surface area contributed by atoms with E-state index in [1.807, 2.05) is 13.8 Å².